The molecule has 5 heteroatoms. The molecule has 3 nitrogen and oxygen atoms in total. The molecule has 1 unspecified atom stereocenters. The second-order valence-electron chi connectivity index (χ2n) is 4.82. The number of rotatable bonds is 5. The molecule has 0 amide bonds. The lowest BCUT2D eigenvalue weighted by Crippen LogP contribution is -2.10. The summed E-state index contributed by atoms with van der Waals surface area (Å²) in [6.07, 6.45) is 3.91. The topological polar surface area (TPSA) is 37.8 Å². The number of anilines is 1. The molecule has 3 rings (SSSR count). The largest absolute Gasteiger partial charge is 0.361 e. The van der Waals surface area contributed by atoms with Crippen molar-refractivity contribution in [2.75, 3.05) is 5.32 Å². The van der Waals surface area contributed by atoms with Crippen LogP contribution in [0.2, 0.25) is 0 Å². The van der Waals surface area contributed by atoms with Crippen molar-refractivity contribution in [3.63, 3.8) is 0 Å². The highest BCUT2D eigenvalue weighted by Gasteiger charge is 2.15. The molecule has 0 aromatic carbocycles. The maximum atomic E-state index is 4.44. The van der Waals surface area contributed by atoms with Crippen LogP contribution in [0.25, 0.3) is 10.2 Å². The molecule has 1 N–H and O–H groups in total. The van der Waals surface area contributed by atoms with Crippen LogP contribution in [0.1, 0.15) is 36.2 Å². The fraction of sp³-hybridized carbons (Fsp3) is 0.333. The van der Waals surface area contributed by atoms with E-state index in [0.717, 1.165) is 28.9 Å². The molecule has 104 valence electrons. The van der Waals surface area contributed by atoms with E-state index >= 15 is 0 Å². The van der Waals surface area contributed by atoms with Crippen molar-refractivity contribution in [3.8, 4) is 0 Å². The van der Waals surface area contributed by atoms with Gasteiger partial charge in [0.25, 0.3) is 0 Å². The maximum Gasteiger partial charge on any atom is 0.147 e. The van der Waals surface area contributed by atoms with Gasteiger partial charge < -0.3 is 5.32 Å². The smallest absolute Gasteiger partial charge is 0.147 e. The van der Waals surface area contributed by atoms with Gasteiger partial charge >= 0.3 is 0 Å². The van der Waals surface area contributed by atoms with Crippen LogP contribution in [0.5, 0.6) is 0 Å². The Bertz CT molecular complexity index is 688. The van der Waals surface area contributed by atoms with E-state index in [1.165, 1.54) is 10.4 Å². The monoisotopic (exact) mass is 303 g/mol. The van der Waals surface area contributed by atoms with Gasteiger partial charge in [-0.2, -0.15) is 0 Å². The van der Waals surface area contributed by atoms with Crippen molar-refractivity contribution in [3.05, 3.63) is 39.7 Å². The molecule has 3 aromatic rings. The summed E-state index contributed by atoms with van der Waals surface area (Å²) in [4.78, 5) is 10.2. The molecule has 0 saturated carbocycles. The number of nitrogens with zero attached hydrogens (tertiary/aromatic N) is 2. The molecule has 0 fully saturated rings. The first-order chi connectivity index (χ1) is 9.79. The summed E-state index contributed by atoms with van der Waals surface area (Å²) in [6, 6.07) is 4.63. The Morgan fingerprint density at radius 1 is 1.30 bits per heavy atom. The lowest BCUT2D eigenvalue weighted by Gasteiger charge is -2.17. The highest BCUT2D eigenvalue weighted by Crippen LogP contribution is 2.33. The molecule has 0 saturated heterocycles. The van der Waals surface area contributed by atoms with E-state index in [1.807, 2.05) is 0 Å². The fourth-order valence-corrected chi connectivity index (χ4v) is 4.07. The fourth-order valence-electron chi connectivity index (χ4n) is 2.30. The van der Waals surface area contributed by atoms with Gasteiger partial charge in [-0.05, 0) is 35.7 Å². The van der Waals surface area contributed by atoms with Crippen LogP contribution >= 0.6 is 22.7 Å². The van der Waals surface area contributed by atoms with Crippen molar-refractivity contribution in [2.24, 2.45) is 0 Å². The average Bonchev–Trinajstić information content (AvgIpc) is 3.09. The van der Waals surface area contributed by atoms with Crippen LogP contribution in [0.15, 0.2) is 29.2 Å². The Morgan fingerprint density at radius 2 is 2.20 bits per heavy atom. The van der Waals surface area contributed by atoms with E-state index in [1.54, 1.807) is 29.0 Å². The quantitative estimate of drug-likeness (QED) is 0.719. The maximum absolute atomic E-state index is 4.44. The van der Waals surface area contributed by atoms with Gasteiger partial charge in [-0.3, -0.25) is 0 Å². The summed E-state index contributed by atoms with van der Waals surface area (Å²) < 4.78 is 1.16. The summed E-state index contributed by atoms with van der Waals surface area (Å²) >= 11 is 3.51. The molecule has 0 spiro atoms. The summed E-state index contributed by atoms with van der Waals surface area (Å²) in [5.41, 5.74) is 2.28. The van der Waals surface area contributed by atoms with E-state index in [4.69, 9.17) is 0 Å². The van der Waals surface area contributed by atoms with Crippen molar-refractivity contribution in [1.82, 2.24) is 9.97 Å². The third kappa shape index (κ3) is 2.55. The van der Waals surface area contributed by atoms with Gasteiger partial charge in [0, 0.05) is 4.88 Å². The minimum Gasteiger partial charge on any atom is -0.361 e. The minimum absolute atomic E-state index is 0.334. The van der Waals surface area contributed by atoms with E-state index in [9.17, 15) is 0 Å². The van der Waals surface area contributed by atoms with Crippen molar-refractivity contribution < 1.29 is 0 Å². The van der Waals surface area contributed by atoms with Crippen LogP contribution < -0.4 is 5.32 Å². The lowest BCUT2D eigenvalue weighted by atomic mass is 10.1. The number of aryl methyl sites for hydroxylation is 1. The number of hydrogen-bond acceptors (Lipinski definition) is 5. The molecule has 1 atom stereocenters. The number of fused-ring (bicyclic) bond motifs is 1. The molecule has 0 aliphatic carbocycles. The van der Waals surface area contributed by atoms with Crippen molar-refractivity contribution in [1.29, 1.82) is 0 Å². The third-order valence-corrected chi connectivity index (χ3v) is 5.39. The lowest BCUT2D eigenvalue weighted by molar-refractivity contribution is 0.685. The number of hydrogen-bond donors (Lipinski definition) is 1. The zero-order chi connectivity index (χ0) is 13.9. The number of nitrogens with one attached hydrogen (secondary N) is 1. The predicted octanol–water partition coefficient (Wildman–Crippen LogP) is 5.01. The number of aromatic nitrogens is 2. The summed E-state index contributed by atoms with van der Waals surface area (Å²) in [6.45, 7) is 4.31. The second kappa shape index (κ2) is 5.89. The molecule has 3 aromatic heterocycles. The van der Waals surface area contributed by atoms with E-state index < -0.39 is 0 Å². The molecule has 3 heterocycles. The highest BCUT2D eigenvalue weighted by atomic mass is 32.1. The predicted molar refractivity (Wildman–Crippen MR) is 87.7 cm³/mol. The van der Waals surface area contributed by atoms with E-state index in [0.29, 0.717) is 6.04 Å². The Morgan fingerprint density at radius 3 is 2.95 bits per heavy atom. The normalized spacial score (nSPS) is 12.7. The zero-order valence-electron chi connectivity index (χ0n) is 11.6. The molecule has 0 aliphatic heterocycles. The first-order valence-corrected chi connectivity index (χ1v) is 8.54. The third-order valence-electron chi connectivity index (χ3n) is 3.31. The van der Waals surface area contributed by atoms with Gasteiger partial charge in [-0.15, -0.1) is 22.7 Å². The summed E-state index contributed by atoms with van der Waals surface area (Å²) in [5.74, 6) is 0.958. The SMILES string of the molecule is CCCC(Nc1ncnc2c(C)csc12)c1cccs1. The van der Waals surface area contributed by atoms with Crippen LogP contribution in [0, 0.1) is 6.92 Å². The first kappa shape index (κ1) is 13.5. The van der Waals surface area contributed by atoms with E-state index in [-0.39, 0.29) is 0 Å². The molecule has 0 bridgehead atoms. The van der Waals surface area contributed by atoms with Gasteiger partial charge in [0.2, 0.25) is 0 Å². The molecule has 0 radical (unpaired) electrons. The van der Waals surface area contributed by atoms with Crippen LogP contribution in [-0.4, -0.2) is 9.97 Å². The standard InChI is InChI=1S/C15H17N3S2/c1-3-5-11(12-6-4-7-19-12)18-15-14-13(16-9-17-15)10(2)8-20-14/h4,6-9,11H,3,5H2,1-2H3,(H,16,17,18). The van der Waals surface area contributed by atoms with Gasteiger partial charge in [-0.1, -0.05) is 19.4 Å². The second-order valence-corrected chi connectivity index (χ2v) is 6.68. The molecule has 20 heavy (non-hydrogen) atoms. The Hall–Kier alpha value is -1.46. The minimum atomic E-state index is 0.334. The Labute approximate surface area is 126 Å². The van der Waals surface area contributed by atoms with Crippen LogP contribution in [-0.2, 0) is 0 Å². The highest BCUT2D eigenvalue weighted by molar-refractivity contribution is 7.18. The van der Waals surface area contributed by atoms with Crippen LogP contribution in [0.3, 0.4) is 0 Å². The van der Waals surface area contributed by atoms with E-state index in [2.05, 4.69) is 52.0 Å². The molecule has 0 aliphatic rings. The van der Waals surface area contributed by atoms with Gasteiger partial charge in [-0.25, -0.2) is 9.97 Å². The average molecular weight is 303 g/mol. The Balaban J connectivity index is 1.94. The summed E-state index contributed by atoms with van der Waals surface area (Å²) in [7, 11) is 0. The summed E-state index contributed by atoms with van der Waals surface area (Å²) in [5, 5.41) is 7.88. The number of thiophene rings is 2. The van der Waals surface area contributed by atoms with Gasteiger partial charge in [0.05, 0.1) is 16.3 Å². The van der Waals surface area contributed by atoms with Crippen molar-refractivity contribution in [2.45, 2.75) is 32.7 Å². The van der Waals surface area contributed by atoms with Gasteiger partial charge in [0.15, 0.2) is 0 Å². The Kier molecular flexibility index (Phi) is 3.98. The zero-order valence-corrected chi connectivity index (χ0v) is 13.2. The van der Waals surface area contributed by atoms with Crippen molar-refractivity contribution >= 4 is 38.7 Å². The molecular formula is C15H17N3S2. The first-order valence-electron chi connectivity index (χ1n) is 6.78. The van der Waals surface area contributed by atoms with Crippen LogP contribution in [0.4, 0.5) is 5.82 Å². The molecular weight excluding hydrogens is 286 g/mol. The van der Waals surface area contributed by atoms with Gasteiger partial charge in [0.1, 0.15) is 12.1 Å².